The number of benzene rings is 1. The second-order valence-corrected chi connectivity index (χ2v) is 4.79. The molecule has 1 aromatic carbocycles. The third-order valence-electron chi connectivity index (χ3n) is 3.09. The number of unbranched alkanes of at least 4 members (excludes halogenated alkanes) is 3. The molecule has 0 fully saturated rings. The van der Waals surface area contributed by atoms with E-state index in [-0.39, 0.29) is 0 Å². The summed E-state index contributed by atoms with van der Waals surface area (Å²) in [4.78, 5) is 21.6. The predicted molar refractivity (Wildman–Crippen MR) is 84.3 cm³/mol. The molecule has 0 aromatic heterocycles. The Kier molecular flexibility index (Phi) is 7.75. The van der Waals surface area contributed by atoms with Crippen LogP contribution in [-0.2, 0) is 9.59 Å². The van der Waals surface area contributed by atoms with Crippen LogP contribution in [0.25, 0.3) is 6.08 Å². The van der Waals surface area contributed by atoms with Crippen LogP contribution in [0.5, 0.6) is 11.5 Å². The van der Waals surface area contributed by atoms with Gasteiger partial charge in [-0.1, -0.05) is 38.3 Å². The van der Waals surface area contributed by atoms with Gasteiger partial charge >= 0.3 is 5.97 Å². The molecule has 1 aromatic rings. The number of carboxylic acids is 1. The van der Waals surface area contributed by atoms with Gasteiger partial charge in [-0.15, -0.1) is 0 Å². The third kappa shape index (κ3) is 5.60. The van der Waals surface area contributed by atoms with Crippen molar-refractivity contribution in [3.05, 3.63) is 29.8 Å². The molecular weight excluding hydrogens is 284 g/mol. The molecule has 0 aliphatic heterocycles. The van der Waals surface area contributed by atoms with Crippen molar-refractivity contribution < 1.29 is 24.2 Å². The lowest BCUT2D eigenvalue weighted by atomic mass is 10.1. The Morgan fingerprint density at radius 3 is 2.64 bits per heavy atom. The van der Waals surface area contributed by atoms with Crippen molar-refractivity contribution in [2.45, 2.75) is 32.6 Å². The quantitative estimate of drug-likeness (QED) is 0.408. The van der Waals surface area contributed by atoms with Gasteiger partial charge in [-0.2, -0.15) is 0 Å². The molecule has 0 amide bonds. The maximum absolute atomic E-state index is 11.1. The number of ether oxygens (including phenoxy) is 2. The zero-order valence-electron chi connectivity index (χ0n) is 13.0. The Bertz CT molecular complexity index is 534. The molecule has 22 heavy (non-hydrogen) atoms. The monoisotopic (exact) mass is 306 g/mol. The molecule has 1 rings (SSSR count). The summed E-state index contributed by atoms with van der Waals surface area (Å²) in [6.45, 7) is 2.75. The van der Waals surface area contributed by atoms with E-state index in [1.165, 1.54) is 26.0 Å². The predicted octanol–water partition coefficient (Wildman–Crippen LogP) is 3.32. The first-order valence-corrected chi connectivity index (χ1v) is 7.35. The Hall–Kier alpha value is -2.30. The zero-order chi connectivity index (χ0) is 16.4. The lowest BCUT2D eigenvalue weighted by Gasteiger charge is -2.12. The topological polar surface area (TPSA) is 72.8 Å². The summed E-state index contributed by atoms with van der Waals surface area (Å²) in [7, 11) is 1.51. The van der Waals surface area contributed by atoms with Gasteiger partial charge in [0, 0.05) is 5.56 Å². The van der Waals surface area contributed by atoms with E-state index in [0.29, 0.717) is 23.7 Å². The molecule has 5 heteroatoms. The second-order valence-electron chi connectivity index (χ2n) is 4.79. The first kappa shape index (κ1) is 17.8. The summed E-state index contributed by atoms with van der Waals surface area (Å²) < 4.78 is 11.0. The lowest BCUT2D eigenvalue weighted by molar-refractivity contribution is -0.146. The van der Waals surface area contributed by atoms with Crippen molar-refractivity contribution in [1.82, 2.24) is 0 Å². The first-order valence-electron chi connectivity index (χ1n) is 7.35. The Morgan fingerprint density at radius 1 is 1.23 bits per heavy atom. The van der Waals surface area contributed by atoms with Crippen LogP contribution in [0.1, 0.15) is 38.2 Å². The Labute approximate surface area is 130 Å². The molecule has 120 valence electrons. The number of aliphatic carboxylic acids is 1. The molecule has 5 nitrogen and oxygen atoms in total. The molecule has 0 heterocycles. The molecule has 0 aliphatic rings. The van der Waals surface area contributed by atoms with Crippen LogP contribution >= 0.6 is 0 Å². The number of carbonyl (C=O) groups is 2. The van der Waals surface area contributed by atoms with E-state index in [4.69, 9.17) is 14.6 Å². The smallest absolute Gasteiger partial charge is 0.376 e. The average molecular weight is 306 g/mol. The number of hydrogen-bond acceptors (Lipinski definition) is 4. The molecule has 0 atom stereocenters. The van der Waals surface area contributed by atoms with Crippen molar-refractivity contribution in [3.63, 3.8) is 0 Å². The summed E-state index contributed by atoms with van der Waals surface area (Å²) in [5.41, 5.74) is 0.600. The van der Waals surface area contributed by atoms with Crippen molar-refractivity contribution >= 4 is 17.8 Å². The molecule has 0 spiro atoms. The fourth-order valence-electron chi connectivity index (χ4n) is 1.94. The van der Waals surface area contributed by atoms with E-state index >= 15 is 0 Å². The van der Waals surface area contributed by atoms with E-state index < -0.39 is 11.8 Å². The minimum Gasteiger partial charge on any atom is -0.492 e. The number of carbonyl (C=O) groups excluding carboxylic acids is 1. The summed E-state index contributed by atoms with van der Waals surface area (Å²) in [6.07, 6.45) is 6.85. The standard InChI is InChI=1S/C17H22O5/c1-3-4-5-6-12-22-15-9-7-8-13(16(15)21-2)10-11-14(18)17(19)20/h7-11H,3-6,12H2,1-2H3,(H,19,20)/b11-10+. The maximum Gasteiger partial charge on any atom is 0.376 e. The number of ketones is 1. The molecule has 1 N–H and O–H groups in total. The number of rotatable bonds is 10. The van der Waals surface area contributed by atoms with E-state index in [0.717, 1.165) is 18.9 Å². The van der Waals surface area contributed by atoms with Crippen LogP contribution in [0.4, 0.5) is 0 Å². The molecule has 0 saturated carbocycles. The van der Waals surface area contributed by atoms with E-state index in [1.54, 1.807) is 18.2 Å². The number of para-hydroxylation sites is 1. The Morgan fingerprint density at radius 2 is 2.00 bits per heavy atom. The summed E-state index contributed by atoms with van der Waals surface area (Å²) in [5.74, 6) is -1.39. The molecule has 0 saturated heterocycles. The van der Waals surface area contributed by atoms with Gasteiger partial charge in [-0.05, 0) is 24.6 Å². The van der Waals surface area contributed by atoms with Crippen LogP contribution in [0.15, 0.2) is 24.3 Å². The van der Waals surface area contributed by atoms with E-state index in [2.05, 4.69) is 6.92 Å². The highest BCUT2D eigenvalue weighted by Gasteiger charge is 2.10. The van der Waals surface area contributed by atoms with Crippen LogP contribution < -0.4 is 9.47 Å². The highest BCUT2D eigenvalue weighted by molar-refractivity contribution is 6.38. The van der Waals surface area contributed by atoms with Gasteiger partial charge in [0.05, 0.1) is 13.7 Å². The van der Waals surface area contributed by atoms with Gasteiger partial charge in [-0.3, -0.25) is 4.79 Å². The van der Waals surface area contributed by atoms with Crippen molar-refractivity contribution in [1.29, 1.82) is 0 Å². The van der Waals surface area contributed by atoms with Crippen molar-refractivity contribution in [3.8, 4) is 11.5 Å². The fourth-order valence-corrected chi connectivity index (χ4v) is 1.94. The van der Waals surface area contributed by atoms with Crippen molar-refractivity contribution in [2.75, 3.05) is 13.7 Å². The van der Waals surface area contributed by atoms with Crippen LogP contribution in [0.2, 0.25) is 0 Å². The molecule has 0 radical (unpaired) electrons. The molecule has 0 bridgehead atoms. The van der Waals surface area contributed by atoms with Gasteiger partial charge < -0.3 is 14.6 Å². The SMILES string of the molecule is CCCCCCOc1cccc(/C=C/C(=O)C(=O)O)c1OC. The molecule has 0 aliphatic carbocycles. The summed E-state index contributed by atoms with van der Waals surface area (Å²) >= 11 is 0. The number of methoxy groups -OCH3 is 1. The van der Waals surface area contributed by atoms with Crippen LogP contribution in [0, 0.1) is 0 Å². The minimum atomic E-state index is -1.49. The van der Waals surface area contributed by atoms with Gasteiger partial charge in [0.25, 0.3) is 5.78 Å². The normalized spacial score (nSPS) is 10.6. The van der Waals surface area contributed by atoms with E-state index in [9.17, 15) is 9.59 Å². The highest BCUT2D eigenvalue weighted by Crippen LogP contribution is 2.32. The maximum atomic E-state index is 11.1. The average Bonchev–Trinajstić information content (AvgIpc) is 2.52. The number of hydrogen-bond donors (Lipinski definition) is 1. The van der Waals surface area contributed by atoms with Crippen LogP contribution in [-0.4, -0.2) is 30.6 Å². The van der Waals surface area contributed by atoms with Crippen molar-refractivity contribution in [2.24, 2.45) is 0 Å². The van der Waals surface area contributed by atoms with Gasteiger partial charge in [-0.25, -0.2) is 4.79 Å². The minimum absolute atomic E-state index is 0.493. The highest BCUT2D eigenvalue weighted by atomic mass is 16.5. The second kappa shape index (κ2) is 9.60. The zero-order valence-corrected chi connectivity index (χ0v) is 13.0. The fraction of sp³-hybridized carbons (Fsp3) is 0.412. The number of carboxylic acid groups (broad SMARTS) is 1. The van der Waals surface area contributed by atoms with Gasteiger partial charge in [0.1, 0.15) is 0 Å². The van der Waals surface area contributed by atoms with E-state index in [1.807, 2.05) is 0 Å². The van der Waals surface area contributed by atoms with Gasteiger partial charge in [0.2, 0.25) is 0 Å². The summed E-state index contributed by atoms with van der Waals surface area (Å²) in [6, 6.07) is 5.29. The third-order valence-corrected chi connectivity index (χ3v) is 3.09. The van der Waals surface area contributed by atoms with Gasteiger partial charge in [0.15, 0.2) is 11.5 Å². The lowest BCUT2D eigenvalue weighted by Crippen LogP contribution is -2.08. The molecule has 0 unspecified atom stereocenters. The first-order chi connectivity index (χ1) is 10.6. The van der Waals surface area contributed by atoms with Crippen LogP contribution in [0.3, 0.4) is 0 Å². The molecular formula is C17H22O5. The summed E-state index contributed by atoms with van der Waals surface area (Å²) in [5, 5.41) is 8.57. The largest absolute Gasteiger partial charge is 0.492 e. The Balaban J connectivity index is 2.77.